The van der Waals surface area contributed by atoms with Gasteiger partial charge >= 0.3 is 0 Å². The molecule has 1 saturated carbocycles. The van der Waals surface area contributed by atoms with Crippen molar-refractivity contribution in [1.82, 2.24) is 5.32 Å². The lowest BCUT2D eigenvalue weighted by molar-refractivity contribution is 0.0943. The predicted octanol–water partition coefficient (Wildman–Crippen LogP) is 3.92. The van der Waals surface area contributed by atoms with Crippen molar-refractivity contribution in [2.75, 3.05) is 0 Å². The highest BCUT2D eigenvalue weighted by atomic mass is 79.9. The van der Waals surface area contributed by atoms with E-state index in [1.165, 1.54) is 0 Å². The summed E-state index contributed by atoms with van der Waals surface area (Å²) >= 11 is 3.49. The van der Waals surface area contributed by atoms with Crippen LogP contribution in [-0.4, -0.2) is 11.9 Å². The highest BCUT2D eigenvalue weighted by Gasteiger charge is 2.65. The summed E-state index contributed by atoms with van der Waals surface area (Å²) in [4.78, 5) is 12.3. The number of rotatable bonds is 2. The molecule has 1 aromatic rings. The molecule has 2 nitrogen and oxygen atoms in total. The van der Waals surface area contributed by atoms with Crippen LogP contribution in [0.1, 0.15) is 43.6 Å². The summed E-state index contributed by atoms with van der Waals surface area (Å²) in [5, 5.41) is 3.15. The van der Waals surface area contributed by atoms with E-state index < -0.39 is 0 Å². The van der Waals surface area contributed by atoms with Crippen LogP contribution in [0.5, 0.6) is 0 Å². The van der Waals surface area contributed by atoms with Crippen LogP contribution in [0, 0.1) is 17.8 Å². The molecule has 98 valence electrons. The zero-order chi connectivity index (χ0) is 13.7. The summed E-state index contributed by atoms with van der Waals surface area (Å²) in [6.07, 6.45) is 0. The lowest BCUT2D eigenvalue weighted by Crippen LogP contribution is -2.30. The standard InChI is InChI=1S/C15H20BrNO/c1-9-7-6-8-10(11(9)16)12(18)17-13-14(2,3)15(13,4)5/h6-8,13H,1-5H3,(H,17,18). The Kier molecular flexibility index (Phi) is 3.09. The molecule has 18 heavy (non-hydrogen) atoms. The number of halogens is 1. The first kappa shape index (κ1) is 13.6. The maximum Gasteiger partial charge on any atom is 0.252 e. The van der Waals surface area contributed by atoms with E-state index in [1.54, 1.807) is 0 Å². The Morgan fingerprint density at radius 2 is 1.78 bits per heavy atom. The minimum absolute atomic E-state index is 0.00854. The van der Waals surface area contributed by atoms with Gasteiger partial charge in [0, 0.05) is 10.5 Å². The Balaban J connectivity index is 2.18. The Hall–Kier alpha value is -0.830. The molecule has 1 fully saturated rings. The van der Waals surface area contributed by atoms with Crippen LogP contribution in [0.25, 0.3) is 0 Å². The van der Waals surface area contributed by atoms with E-state index >= 15 is 0 Å². The van der Waals surface area contributed by atoms with Crippen molar-refractivity contribution in [3.05, 3.63) is 33.8 Å². The van der Waals surface area contributed by atoms with E-state index in [-0.39, 0.29) is 22.8 Å². The van der Waals surface area contributed by atoms with Crippen LogP contribution < -0.4 is 5.32 Å². The second-order valence-corrected chi connectivity index (χ2v) is 7.08. The average Bonchev–Trinajstić information content (AvgIpc) is 2.65. The molecule has 0 saturated heterocycles. The van der Waals surface area contributed by atoms with Crippen LogP contribution in [0.3, 0.4) is 0 Å². The van der Waals surface area contributed by atoms with Crippen molar-refractivity contribution in [3.8, 4) is 0 Å². The molecular weight excluding hydrogens is 290 g/mol. The first-order valence-corrected chi connectivity index (χ1v) is 7.05. The molecule has 0 spiro atoms. The molecule has 0 aromatic heterocycles. The highest BCUT2D eigenvalue weighted by molar-refractivity contribution is 9.10. The Morgan fingerprint density at radius 3 is 2.28 bits per heavy atom. The molecule has 3 heteroatoms. The monoisotopic (exact) mass is 309 g/mol. The number of aryl methyl sites for hydroxylation is 1. The third kappa shape index (κ3) is 1.89. The van der Waals surface area contributed by atoms with Gasteiger partial charge in [0.15, 0.2) is 0 Å². The largest absolute Gasteiger partial charge is 0.348 e. The smallest absolute Gasteiger partial charge is 0.252 e. The Labute approximate surface area is 117 Å². The molecule has 2 rings (SSSR count). The van der Waals surface area contributed by atoms with Crippen molar-refractivity contribution in [2.24, 2.45) is 10.8 Å². The van der Waals surface area contributed by atoms with Gasteiger partial charge in [0.1, 0.15) is 0 Å². The summed E-state index contributed by atoms with van der Waals surface area (Å²) in [5.74, 6) is 0.00854. The van der Waals surface area contributed by atoms with Crippen LogP contribution >= 0.6 is 15.9 Å². The van der Waals surface area contributed by atoms with Gasteiger partial charge in [-0.25, -0.2) is 0 Å². The maximum absolute atomic E-state index is 12.3. The number of hydrogen-bond acceptors (Lipinski definition) is 1. The van der Waals surface area contributed by atoms with Crippen molar-refractivity contribution in [1.29, 1.82) is 0 Å². The van der Waals surface area contributed by atoms with E-state index in [2.05, 4.69) is 48.9 Å². The Bertz CT molecular complexity index is 491. The maximum atomic E-state index is 12.3. The molecular formula is C15H20BrNO. The third-order valence-electron chi connectivity index (χ3n) is 4.73. The van der Waals surface area contributed by atoms with Crippen molar-refractivity contribution < 1.29 is 4.79 Å². The normalized spacial score (nSPS) is 20.6. The third-order valence-corrected chi connectivity index (χ3v) is 5.79. The van der Waals surface area contributed by atoms with Crippen molar-refractivity contribution >= 4 is 21.8 Å². The number of benzene rings is 1. The highest BCUT2D eigenvalue weighted by Crippen LogP contribution is 2.62. The zero-order valence-electron chi connectivity index (χ0n) is 11.6. The fourth-order valence-corrected chi connectivity index (χ4v) is 3.03. The second kappa shape index (κ2) is 4.09. The summed E-state index contributed by atoms with van der Waals surface area (Å²) in [7, 11) is 0. The van der Waals surface area contributed by atoms with Gasteiger partial charge in [0.2, 0.25) is 0 Å². The van der Waals surface area contributed by atoms with Gasteiger partial charge in [-0.05, 0) is 45.3 Å². The molecule has 1 aliphatic carbocycles. The van der Waals surface area contributed by atoms with Crippen LogP contribution in [0.15, 0.2) is 22.7 Å². The van der Waals surface area contributed by atoms with Crippen molar-refractivity contribution in [2.45, 2.75) is 40.7 Å². The molecule has 0 atom stereocenters. The van der Waals surface area contributed by atoms with Crippen LogP contribution in [0.4, 0.5) is 0 Å². The molecule has 1 aromatic carbocycles. The lowest BCUT2D eigenvalue weighted by Gasteiger charge is -2.09. The fraction of sp³-hybridized carbons (Fsp3) is 0.533. The average molecular weight is 310 g/mol. The molecule has 0 radical (unpaired) electrons. The second-order valence-electron chi connectivity index (χ2n) is 6.29. The fourth-order valence-electron chi connectivity index (χ4n) is 2.59. The molecule has 1 aliphatic rings. The first-order chi connectivity index (χ1) is 8.19. The van der Waals surface area contributed by atoms with E-state index in [4.69, 9.17) is 0 Å². The van der Waals surface area contributed by atoms with Gasteiger partial charge in [0.05, 0.1) is 5.56 Å². The SMILES string of the molecule is Cc1cccc(C(=O)NC2C(C)(C)C2(C)C)c1Br. The van der Waals surface area contributed by atoms with Gasteiger partial charge in [-0.15, -0.1) is 0 Å². The Morgan fingerprint density at radius 1 is 1.22 bits per heavy atom. The summed E-state index contributed by atoms with van der Waals surface area (Å²) in [5.41, 5.74) is 2.13. The molecule has 1 N–H and O–H groups in total. The molecule has 0 aliphatic heterocycles. The number of nitrogens with one attached hydrogen (secondary N) is 1. The number of carbonyl (C=O) groups is 1. The minimum atomic E-state index is 0.00854. The number of amides is 1. The summed E-state index contributed by atoms with van der Waals surface area (Å²) in [6.45, 7) is 10.8. The van der Waals surface area contributed by atoms with Gasteiger partial charge in [-0.3, -0.25) is 4.79 Å². The number of carbonyl (C=O) groups excluding carboxylic acids is 1. The van der Waals surface area contributed by atoms with Crippen molar-refractivity contribution in [3.63, 3.8) is 0 Å². The first-order valence-electron chi connectivity index (χ1n) is 6.25. The minimum Gasteiger partial charge on any atom is -0.348 e. The van der Waals surface area contributed by atoms with Crippen LogP contribution in [-0.2, 0) is 0 Å². The lowest BCUT2D eigenvalue weighted by atomic mass is 10.0. The van der Waals surface area contributed by atoms with E-state index in [1.807, 2.05) is 25.1 Å². The topological polar surface area (TPSA) is 29.1 Å². The van der Waals surface area contributed by atoms with E-state index in [0.29, 0.717) is 5.56 Å². The van der Waals surface area contributed by atoms with Gasteiger partial charge in [-0.2, -0.15) is 0 Å². The summed E-state index contributed by atoms with van der Waals surface area (Å²) < 4.78 is 0.888. The van der Waals surface area contributed by atoms with Gasteiger partial charge < -0.3 is 5.32 Å². The quantitative estimate of drug-likeness (QED) is 0.881. The zero-order valence-corrected chi connectivity index (χ0v) is 13.2. The van der Waals surface area contributed by atoms with E-state index in [0.717, 1.165) is 10.0 Å². The molecule has 0 bridgehead atoms. The number of hydrogen-bond donors (Lipinski definition) is 1. The molecule has 0 heterocycles. The van der Waals surface area contributed by atoms with E-state index in [9.17, 15) is 4.79 Å². The molecule has 0 unspecified atom stereocenters. The predicted molar refractivity (Wildman–Crippen MR) is 77.7 cm³/mol. The van der Waals surface area contributed by atoms with Gasteiger partial charge in [-0.1, -0.05) is 39.8 Å². The summed E-state index contributed by atoms with van der Waals surface area (Å²) in [6, 6.07) is 6.00. The van der Waals surface area contributed by atoms with Gasteiger partial charge in [0.25, 0.3) is 5.91 Å². The molecule has 1 amide bonds. The van der Waals surface area contributed by atoms with Crippen LogP contribution in [0.2, 0.25) is 0 Å².